The molecule has 0 unspecified atom stereocenters. The Hall–Kier alpha value is -2.83. The number of carboxylic acids is 1. The van der Waals surface area contributed by atoms with E-state index in [1.807, 2.05) is 13.8 Å². The van der Waals surface area contributed by atoms with Gasteiger partial charge in [-0.3, -0.25) is 4.79 Å². The number of methoxy groups -OCH3 is 1. The Balaban J connectivity index is 0.00000588. The van der Waals surface area contributed by atoms with Gasteiger partial charge in [0.2, 0.25) is 0 Å². The molecule has 2 atom stereocenters. The molecule has 0 saturated heterocycles. The molecule has 3 rings (SSSR count). The van der Waals surface area contributed by atoms with Gasteiger partial charge in [-0.05, 0) is 55.5 Å². The summed E-state index contributed by atoms with van der Waals surface area (Å²) in [5, 5.41) is 35.8. The summed E-state index contributed by atoms with van der Waals surface area (Å²) < 4.78 is 34.2. The molecule has 0 aliphatic heterocycles. The van der Waals surface area contributed by atoms with E-state index in [9.17, 15) is 33.7 Å². The average Bonchev–Trinajstić information content (AvgIpc) is 3.27. The van der Waals surface area contributed by atoms with Crippen molar-refractivity contribution in [3.8, 4) is 11.4 Å². The van der Waals surface area contributed by atoms with Crippen LogP contribution >= 0.6 is 0 Å². The van der Waals surface area contributed by atoms with Crippen molar-refractivity contribution in [3.63, 3.8) is 0 Å². The monoisotopic (exact) mass is 581 g/mol. The largest absolute Gasteiger partial charge is 1.00 e. The van der Waals surface area contributed by atoms with E-state index in [1.165, 1.54) is 48.4 Å². The van der Waals surface area contributed by atoms with Gasteiger partial charge < -0.3 is 29.8 Å². The number of hydrogen-bond donors (Lipinski definition) is 2. The van der Waals surface area contributed by atoms with Crippen molar-refractivity contribution in [2.45, 2.75) is 64.2 Å². The van der Waals surface area contributed by atoms with E-state index in [0.717, 1.165) is 0 Å². The number of benzene rings is 2. The molecule has 41 heavy (non-hydrogen) atoms. The van der Waals surface area contributed by atoms with Crippen LogP contribution < -0.4 is 39.4 Å². The Kier molecular flexibility index (Phi) is 12.9. The molecule has 0 fully saturated rings. The minimum Gasteiger partial charge on any atom is -0.550 e. The molecule has 0 bridgehead atoms. The van der Waals surface area contributed by atoms with E-state index in [4.69, 9.17) is 4.74 Å². The van der Waals surface area contributed by atoms with Crippen LogP contribution in [0, 0.1) is 11.6 Å². The van der Waals surface area contributed by atoms with Crippen molar-refractivity contribution < 1.29 is 68.0 Å². The van der Waals surface area contributed by atoms with Crippen molar-refractivity contribution in [1.82, 2.24) is 14.7 Å². The molecule has 1 aromatic heterocycles. The molecular formula is C29H34F2N3NaO6. The van der Waals surface area contributed by atoms with Gasteiger partial charge >= 0.3 is 29.6 Å². The van der Waals surface area contributed by atoms with Crippen molar-refractivity contribution in [2.75, 3.05) is 14.2 Å². The van der Waals surface area contributed by atoms with Gasteiger partial charge in [-0.25, -0.2) is 13.5 Å². The maximum atomic E-state index is 13.7. The number of aliphatic hydroxyl groups is 2. The van der Waals surface area contributed by atoms with E-state index in [2.05, 4.69) is 5.10 Å². The maximum absolute atomic E-state index is 13.7. The van der Waals surface area contributed by atoms with Crippen LogP contribution in [0.25, 0.3) is 5.69 Å². The Morgan fingerprint density at radius 2 is 1.71 bits per heavy atom. The first-order valence-corrected chi connectivity index (χ1v) is 12.9. The SMILES string of the molecule is COc1cc(F)ccc1CN(C)C(=O)c1nn(-c2ccc(F)cc2)c(CC[C@@H](O)C[C@@H](O)CC(=O)[O-])c1C(C)C.[Na+]. The summed E-state index contributed by atoms with van der Waals surface area (Å²) in [5.74, 6) is -2.59. The van der Waals surface area contributed by atoms with Gasteiger partial charge in [0, 0.05) is 48.9 Å². The smallest absolute Gasteiger partial charge is 0.550 e. The van der Waals surface area contributed by atoms with Crippen LogP contribution in [0.3, 0.4) is 0 Å². The molecule has 1 heterocycles. The summed E-state index contributed by atoms with van der Waals surface area (Å²) in [6.07, 6.45) is -2.66. The van der Waals surface area contributed by atoms with Crippen molar-refractivity contribution in [1.29, 1.82) is 0 Å². The van der Waals surface area contributed by atoms with Crippen LogP contribution in [0.5, 0.6) is 5.75 Å². The normalized spacial score (nSPS) is 12.5. The number of amides is 1. The molecule has 2 N–H and O–H groups in total. The van der Waals surface area contributed by atoms with Crippen LogP contribution in [0.2, 0.25) is 0 Å². The first-order valence-electron chi connectivity index (χ1n) is 12.9. The first-order chi connectivity index (χ1) is 18.9. The quantitative estimate of drug-likeness (QED) is 0.267. The zero-order chi connectivity index (χ0) is 29.6. The van der Waals surface area contributed by atoms with Gasteiger partial charge in [0.25, 0.3) is 5.91 Å². The van der Waals surface area contributed by atoms with Crippen LogP contribution in [-0.2, 0) is 17.8 Å². The van der Waals surface area contributed by atoms with Crippen LogP contribution in [-0.4, -0.2) is 63.1 Å². The number of aliphatic hydroxyl groups excluding tert-OH is 2. The van der Waals surface area contributed by atoms with Crippen LogP contribution in [0.15, 0.2) is 42.5 Å². The van der Waals surface area contributed by atoms with Gasteiger partial charge in [0.05, 0.1) is 25.0 Å². The summed E-state index contributed by atoms with van der Waals surface area (Å²) in [6.45, 7) is 3.91. The Morgan fingerprint density at radius 1 is 1.07 bits per heavy atom. The van der Waals surface area contributed by atoms with Crippen LogP contribution in [0.1, 0.15) is 66.3 Å². The summed E-state index contributed by atoms with van der Waals surface area (Å²) >= 11 is 0. The minimum atomic E-state index is -1.42. The van der Waals surface area contributed by atoms with Gasteiger partial charge in [0.1, 0.15) is 17.4 Å². The number of aromatic nitrogens is 2. The van der Waals surface area contributed by atoms with Gasteiger partial charge in [0.15, 0.2) is 5.69 Å². The fourth-order valence-corrected chi connectivity index (χ4v) is 4.63. The molecule has 0 saturated carbocycles. The molecule has 12 heteroatoms. The zero-order valence-electron chi connectivity index (χ0n) is 23.9. The number of aliphatic carboxylic acids is 1. The predicted octanol–water partition coefficient (Wildman–Crippen LogP) is -0.257. The standard InChI is InChI=1S/C29H35F2N3O6.Na/c1-17(2)27-24(12-11-22(35)14-23(36)15-26(37)38)34(21-9-7-19(30)8-10-21)32-28(27)29(39)33(3)16-18-5-6-20(31)13-25(18)40-4;/h5-10,13,17,22-23,35-36H,11-12,14-16H2,1-4H3,(H,37,38);/q;+1/p-1/t22-,23-;/m1./s1. The third-order valence-corrected chi connectivity index (χ3v) is 6.54. The molecule has 0 spiro atoms. The molecule has 0 radical (unpaired) electrons. The van der Waals surface area contributed by atoms with Gasteiger partial charge in [-0.15, -0.1) is 0 Å². The van der Waals surface area contributed by atoms with E-state index in [-0.39, 0.29) is 67.0 Å². The van der Waals surface area contributed by atoms with E-state index >= 15 is 0 Å². The van der Waals surface area contributed by atoms with E-state index in [1.54, 1.807) is 17.8 Å². The Morgan fingerprint density at radius 3 is 2.29 bits per heavy atom. The fraction of sp³-hybridized carbons (Fsp3) is 0.414. The Labute approximate surface area is 260 Å². The van der Waals surface area contributed by atoms with Crippen molar-refractivity contribution in [2.24, 2.45) is 0 Å². The number of halogens is 2. The second-order valence-electron chi connectivity index (χ2n) is 10.0. The van der Waals surface area contributed by atoms with Gasteiger partial charge in [-0.2, -0.15) is 5.10 Å². The molecule has 1 amide bonds. The summed E-state index contributed by atoms with van der Waals surface area (Å²) in [6, 6.07) is 9.66. The zero-order valence-corrected chi connectivity index (χ0v) is 25.9. The van der Waals surface area contributed by atoms with Crippen molar-refractivity contribution in [3.05, 3.63) is 76.6 Å². The molecule has 9 nitrogen and oxygen atoms in total. The molecule has 0 aliphatic rings. The number of ether oxygens (including phenoxy) is 1. The van der Waals surface area contributed by atoms with Crippen molar-refractivity contribution >= 4 is 11.9 Å². The number of carbonyl (C=O) groups is 2. The number of rotatable bonds is 13. The third-order valence-electron chi connectivity index (χ3n) is 6.54. The summed E-state index contributed by atoms with van der Waals surface area (Å²) in [7, 11) is 3.01. The predicted molar refractivity (Wildman–Crippen MR) is 141 cm³/mol. The second kappa shape index (κ2) is 15.4. The number of carbonyl (C=O) groups excluding carboxylic acids is 2. The number of hydrogen-bond acceptors (Lipinski definition) is 7. The molecule has 0 aliphatic carbocycles. The summed E-state index contributed by atoms with van der Waals surface area (Å²) in [5.41, 5.74) is 2.53. The topological polar surface area (TPSA) is 128 Å². The maximum Gasteiger partial charge on any atom is 1.00 e. The third kappa shape index (κ3) is 9.08. The molecule has 3 aromatic rings. The molecule has 2 aromatic carbocycles. The second-order valence-corrected chi connectivity index (χ2v) is 10.0. The number of nitrogens with zero attached hydrogens (tertiary/aromatic N) is 3. The molecular weight excluding hydrogens is 547 g/mol. The number of carboxylic acid groups (broad SMARTS) is 1. The minimum absolute atomic E-state index is 0. The first kappa shape index (κ1) is 34.4. The van der Waals surface area contributed by atoms with Gasteiger partial charge in [-0.1, -0.05) is 19.9 Å². The van der Waals surface area contributed by atoms with E-state index in [0.29, 0.717) is 28.3 Å². The Bertz CT molecular complexity index is 1330. The van der Waals surface area contributed by atoms with E-state index < -0.39 is 42.1 Å². The molecule has 216 valence electrons. The van der Waals surface area contributed by atoms with Crippen LogP contribution in [0.4, 0.5) is 8.78 Å². The average molecular weight is 582 g/mol. The summed E-state index contributed by atoms with van der Waals surface area (Å²) in [4.78, 5) is 25.9. The fourth-order valence-electron chi connectivity index (χ4n) is 4.63.